The summed E-state index contributed by atoms with van der Waals surface area (Å²) in [5.74, 6) is 0.723. The highest BCUT2D eigenvalue weighted by molar-refractivity contribution is 5.78. The molecule has 3 heterocycles. The van der Waals surface area contributed by atoms with E-state index in [-0.39, 0.29) is 0 Å². The van der Waals surface area contributed by atoms with Gasteiger partial charge in [0.1, 0.15) is 0 Å². The molecule has 27 heavy (non-hydrogen) atoms. The molecule has 3 aromatic rings. The lowest BCUT2D eigenvalue weighted by atomic mass is 9.89. The van der Waals surface area contributed by atoms with Gasteiger partial charge in [0.15, 0.2) is 0 Å². The van der Waals surface area contributed by atoms with Crippen molar-refractivity contribution < 1.29 is 0 Å². The molecule has 1 aliphatic heterocycles. The number of aryl methyl sites for hydroxylation is 3. The first-order valence-corrected chi connectivity index (χ1v) is 10.1. The Hall–Kier alpha value is -2.20. The molecule has 1 aliphatic rings. The molecule has 0 radical (unpaired) electrons. The third-order valence-corrected chi connectivity index (χ3v) is 5.89. The van der Waals surface area contributed by atoms with Crippen LogP contribution < -0.4 is 0 Å². The van der Waals surface area contributed by atoms with Gasteiger partial charge in [-0.3, -0.25) is 14.6 Å². The van der Waals surface area contributed by atoms with E-state index < -0.39 is 0 Å². The Morgan fingerprint density at radius 2 is 1.93 bits per heavy atom. The molecule has 4 nitrogen and oxygen atoms in total. The molecule has 1 aromatic carbocycles. The van der Waals surface area contributed by atoms with Crippen molar-refractivity contribution in [2.45, 2.75) is 46.1 Å². The van der Waals surface area contributed by atoms with E-state index in [1.165, 1.54) is 42.4 Å². The molecular formula is C23H30N4. The van der Waals surface area contributed by atoms with Gasteiger partial charge in [0.2, 0.25) is 0 Å². The van der Waals surface area contributed by atoms with E-state index in [1.54, 1.807) is 0 Å². The summed E-state index contributed by atoms with van der Waals surface area (Å²) in [6.45, 7) is 8.89. The van der Waals surface area contributed by atoms with Gasteiger partial charge < -0.3 is 0 Å². The van der Waals surface area contributed by atoms with Gasteiger partial charge in [-0.25, -0.2) is 0 Å². The number of hydrogen-bond donors (Lipinski definition) is 0. The number of hydrogen-bond acceptors (Lipinski definition) is 3. The maximum atomic E-state index is 4.58. The Bertz CT molecular complexity index is 922. The quantitative estimate of drug-likeness (QED) is 0.680. The van der Waals surface area contributed by atoms with Gasteiger partial charge in [-0.15, -0.1) is 0 Å². The molecule has 4 heteroatoms. The molecule has 0 spiro atoms. The summed E-state index contributed by atoms with van der Waals surface area (Å²) < 4.78 is 1.90. The van der Waals surface area contributed by atoms with Crippen LogP contribution in [-0.4, -0.2) is 32.8 Å². The highest BCUT2D eigenvalue weighted by atomic mass is 15.2. The Kier molecular flexibility index (Phi) is 5.00. The minimum Gasteiger partial charge on any atom is -0.296 e. The first-order chi connectivity index (χ1) is 13.0. The van der Waals surface area contributed by atoms with E-state index in [2.05, 4.69) is 72.3 Å². The second-order valence-electron chi connectivity index (χ2n) is 8.26. The number of piperidine rings is 1. The van der Waals surface area contributed by atoms with Crippen molar-refractivity contribution in [1.82, 2.24) is 19.7 Å². The fourth-order valence-electron chi connectivity index (χ4n) is 4.62. The smallest absolute Gasteiger partial charge is 0.0926 e. The van der Waals surface area contributed by atoms with E-state index >= 15 is 0 Å². The molecule has 2 aromatic heterocycles. The number of rotatable bonds is 4. The number of fused-ring (bicyclic) bond motifs is 1. The SMILES string of the molecule is Cc1cc(C[C@H]2CCCN(C(C)c3ccc4cn(C)nc4c3)C2)cc(C)n1. The minimum atomic E-state index is 0.431. The molecule has 0 N–H and O–H groups in total. The summed E-state index contributed by atoms with van der Waals surface area (Å²) in [5, 5.41) is 5.80. The van der Waals surface area contributed by atoms with Gasteiger partial charge in [-0.2, -0.15) is 5.10 Å². The van der Waals surface area contributed by atoms with E-state index in [4.69, 9.17) is 0 Å². The van der Waals surface area contributed by atoms with Crippen molar-refractivity contribution in [3.05, 3.63) is 59.0 Å². The van der Waals surface area contributed by atoms with E-state index in [9.17, 15) is 0 Å². The standard InChI is InChI=1S/C23H30N4/c1-16-10-20(11-17(2)24-16)12-19-6-5-9-27(14-19)18(3)21-7-8-22-15-26(4)25-23(22)13-21/h7-8,10-11,13,15,18-19H,5-6,9,12,14H2,1-4H3/t18?,19-/m1/s1. The zero-order valence-electron chi connectivity index (χ0n) is 16.9. The van der Waals surface area contributed by atoms with Crippen LogP contribution in [0, 0.1) is 19.8 Å². The van der Waals surface area contributed by atoms with Gasteiger partial charge >= 0.3 is 0 Å². The van der Waals surface area contributed by atoms with Crippen molar-refractivity contribution in [3.63, 3.8) is 0 Å². The van der Waals surface area contributed by atoms with Crippen LogP contribution in [0.5, 0.6) is 0 Å². The fourth-order valence-corrected chi connectivity index (χ4v) is 4.62. The Morgan fingerprint density at radius 1 is 1.15 bits per heavy atom. The largest absolute Gasteiger partial charge is 0.296 e. The minimum absolute atomic E-state index is 0.431. The fraction of sp³-hybridized carbons (Fsp3) is 0.478. The number of pyridine rings is 1. The van der Waals surface area contributed by atoms with Crippen LogP contribution in [0.2, 0.25) is 0 Å². The summed E-state index contributed by atoms with van der Waals surface area (Å²) in [6.07, 6.45) is 5.85. The molecule has 0 aliphatic carbocycles. The van der Waals surface area contributed by atoms with Crippen molar-refractivity contribution in [3.8, 4) is 0 Å². The van der Waals surface area contributed by atoms with Gasteiger partial charge in [0, 0.05) is 42.6 Å². The first-order valence-electron chi connectivity index (χ1n) is 10.1. The summed E-state index contributed by atoms with van der Waals surface area (Å²) in [7, 11) is 1.99. The van der Waals surface area contributed by atoms with Crippen LogP contribution >= 0.6 is 0 Å². The molecule has 2 atom stereocenters. The van der Waals surface area contributed by atoms with Crippen molar-refractivity contribution in [2.24, 2.45) is 13.0 Å². The van der Waals surface area contributed by atoms with E-state index in [0.717, 1.165) is 29.2 Å². The van der Waals surface area contributed by atoms with Crippen molar-refractivity contribution in [1.29, 1.82) is 0 Å². The van der Waals surface area contributed by atoms with E-state index in [1.807, 2.05) is 11.7 Å². The van der Waals surface area contributed by atoms with Gasteiger partial charge in [-0.1, -0.05) is 12.1 Å². The Labute approximate surface area is 162 Å². The van der Waals surface area contributed by atoms with Crippen LogP contribution in [0.4, 0.5) is 0 Å². The lowest BCUT2D eigenvalue weighted by molar-refractivity contribution is 0.131. The highest BCUT2D eigenvalue weighted by Gasteiger charge is 2.25. The van der Waals surface area contributed by atoms with Gasteiger partial charge in [-0.05, 0) is 81.8 Å². The van der Waals surface area contributed by atoms with Crippen LogP contribution in [-0.2, 0) is 13.5 Å². The normalized spacial score (nSPS) is 19.5. The molecular weight excluding hydrogens is 332 g/mol. The molecule has 4 rings (SSSR count). The molecule has 1 saturated heterocycles. The molecule has 0 amide bonds. The molecule has 1 unspecified atom stereocenters. The van der Waals surface area contributed by atoms with Gasteiger partial charge in [0.25, 0.3) is 0 Å². The number of aromatic nitrogens is 3. The third-order valence-electron chi connectivity index (χ3n) is 5.89. The summed E-state index contributed by atoms with van der Waals surface area (Å²) in [4.78, 5) is 7.17. The lowest BCUT2D eigenvalue weighted by Gasteiger charge is -2.37. The van der Waals surface area contributed by atoms with Crippen LogP contribution in [0.15, 0.2) is 36.5 Å². The zero-order chi connectivity index (χ0) is 19.0. The maximum Gasteiger partial charge on any atom is 0.0926 e. The number of likely N-dealkylation sites (tertiary alicyclic amines) is 1. The summed E-state index contributed by atoms with van der Waals surface area (Å²) in [5.41, 5.74) is 6.18. The zero-order valence-corrected chi connectivity index (χ0v) is 16.9. The summed E-state index contributed by atoms with van der Waals surface area (Å²) >= 11 is 0. The highest BCUT2D eigenvalue weighted by Crippen LogP contribution is 2.29. The predicted octanol–water partition coefficient (Wildman–Crippen LogP) is 4.60. The lowest BCUT2D eigenvalue weighted by Crippen LogP contribution is -2.38. The average molecular weight is 363 g/mol. The second-order valence-corrected chi connectivity index (χ2v) is 8.26. The van der Waals surface area contributed by atoms with Crippen LogP contribution in [0.25, 0.3) is 10.9 Å². The topological polar surface area (TPSA) is 34.0 Å². The molecule has 0 bridgehead atoms. The van der Waals surface area contributed by atoms with Crippen molar-refractivity contribution >= 4 is 10.9 Å². The molecule has 142 valence electrons. The second kappa shape index (κ2) is 7.43. The number of nitrogens with zero attached hydrogens (tertiary/aromatic N) is 4. The summed E-state index contributed by atoms with van der Waals surface area (Å²) in [6, 6.07) is 11.7. The predicted molar refractivity (Wildman–Crippen MR) is 111 cm³/mol. The van der Waals surface area contributed by atoms with Gasteiger partial charge in [0.05, 0.1) is 5.52 Å². The number of benzene rings is 1. The monoisotopic (exact) mass is 362 g/mol. The third kappa shape index (κ3) is 4.06. The maximum absolute atomic E-state index is 4.58. The molecule has 0 saturated carbocycles. The first kappa shape index (κ1) is 18.2. The molecule has 1 fully saturated rings. The average Bonchev–Trinajstić information content (AvgIpc) is 2.99. The van der Waals surface area contributed by atoms with Crippen molar-refractivity contribution in [2.75, 3.05) is 13.1 Å². The van der Waals surface area contributed by atoms with E-state index in [0.29, 0.717) is 6.04 Å². The van der Waals surface area contributed by atoms with Crippen LogP contribution in [0.3, 0.4) is 0 Å². The Balaban J connectivity index is 1.47. The van der Waals surface area contributed by atoms with Crippen LogP contribution in [0.1, 0.15) is 48.3 Å². The Morgan fingerprint density at radius 3 is 2.70 bits per heavy atom.